The number of amides is 1. The highest BCUT2D eigenvalue weighted by atomic mass is 16.1. The molecule has 0 unspecified atom stereocenters. The van der Waals surface area contributed by atoms with E-state index in [0.717, 1.165) is 43.8 Å². The Labute approximate surface area is 138 Å². The second-order valence-corrected chi connectivity index (χ2v) is 6.93. The summed E-state index contributed by atoms with van der Waals surface area (Å²) in [5.41, 5.74) is 3.22. The van der Waals surface area contributed by atoms with Crippen molar-refractivity contribution in [1.82, 2.24) is 14.4 Å². The number of carbonyl (C=O) groups is 2. The van der Waals surface area contributed by atoms with Gasteiger partial charge in [-0.3, -0.25) is 14.5 Å². The van der Waals surface area contributed by atoms with Crippen LogP contribution >= 0.6 is 0 Å². The molecular weight excluding hydrogens is 290 g/mol. The molecule has 0 bridgehead atoms. The van der Waals surface area contributed by atoms with Gasteiger partial charge in [-0.05, 0) is 32.8 Å². The molecule has 2 fully saturated rings. The molecule has 3 rings (SSSR count). The summed E-state index contributed by atoms with van der Waals surface area (Å²) in [7, 11) is 0. The van der Waals surface area contributed by atoms with E-state index in [1.54, 1.807) is 4.90 Å². The third kappa shape index (κ3) is 3.34. The number of aryl methyl sites for hydroxylation is 1. The minimum absolute atomic E-state index is 0.210. The molecule has 5 heteroatoms. The average Bonchev–Trinajstić information content (AvgIpc) is 3.16. The first-order valence-corrected chi connectivity index (χ1v) is 8.73. The molecule has 1 saturated carbocycles. The number of hydrogen-bond donors (Lipinski definition) is 0. The van der Waals surface area contributed by atoms with Crippen molar-refractivity contribution in [3.8, 4) is 0 Å². The van der Waals surface area contributed by atoms with Crippen LogP contribution in [0.4, 0.5) is 0 Å². The monoisotopic (exact) mass is 317 g/mol. The molecule has 0 N–H and O–H groups in total. The molecule has 1 amide bonds. The van der Waals surface area contributed by atoms with E-state index in [4.69, 9.17) is 0 Å². The van der Waals surface area contributed by atoms with Crippen molar-refractivity contribution in [2.24, 2.45) is 0 Å². The maximum absolute atomic E-state index is 12.7. The van der Waals surface area contributed by atoms with Crippen molar-refractivity contribution in [3.05, 3.63) is 23.0 Å². The molecule has 1 aliphatic carbocycles. The lowest BCUT2D eigenvalue weighted by atomic mass is 10.1. The second kappa shape index (κ2) is 6.87. The van der Waals surface area contributed by atoms with Crippen molar-refractivity contribution in [2.75, 3.05) is 32.7 Å². The molecule has 0 radical (unpaired) electrons. The van der Waals surface area contributed by atoms with E-state index in [1.807, 2.05) is 0 Å². The SMILES string of the molecule is Cc1cc(C(=O)CN2CCN(C=O)CC2)c(C)n1C1CCCC1. The molecular formula is C18H27N3O2. The molecule has 1 aliphatic heterocycles. The van der Waals surface area contributed by atoms with Gasteiger partial charge in [-0.1, -0.05) is 12.8 Å². The highest BCUT2D eigenvalue weighted by Gasteiger charge is 2.25. The van der Waals surface area contributed by atoms with Crippen molar-refractivity contribution in [1.29, 1.82) is 0 Å². The van der Waals surface area contributed by atoms with Gasteiger partial charge in [0.2, 0.25) is 6.41 Å². The molecule has 0 atom stereocenters. The molecule has 2 heterocycles. The molecule has 0 aromatic carbocycles. The standard InChI is InChI=1S/C18H27N3O2/c1-14-11-17(15(2)21(14)16-5-3-4-6-16)18(23)12-19-7-9-20(13-22)10-8-19/h11,13,16H,3-10,12H2,1-2H3. The first kappa shape index (κ1) is 16.2. The fraction of sp³-hybridized carbons (Fsp3) is 0.667. The molecule has 23 heavy (non-hydrogen) atoms. The predicted octanol–water partition coefficient (Wildman–Crippen LogP) is 2.18. The zero-order valence-electron chi connectivity index (χ0n) is 14.3. The van der Waals surface area contributed by atoms with Gasteiger partial charge in [-0.25, -0.2) is 0 Å². The van der Waals surface area contributed by atoms with Crippen molar-refractivity contribution in [2.45, 2.75) is 45.6 Å². The Morgan fingerprint density at radius 2 is 1.83 bits per heavy atom. The molecule has 2 aliphatic rings. The van der Waals surface area contributed by atoms with Crippen LogP contribution in [0.15, 0.2) is 6.07 Å². The lowest BCUT2D eigenvalue weighted by Gasteiger charge is -2.31. The largest absolute Gasteiger partial charge is 0.345 e. The number of Topliss-reactive ketones (excluding diaryl/α,β-unsaturated/α-hetero) is 1. The zero-order chi connectivity index (χ0) is 16.4. The minimum atomic E-state index is 0.210. The van der Waals surface area contributed by atoms with Crippen LogP contribution < -0.4 is 0 Å². The van der Waals surface area contributed by atoms with Crippen molar-refractivity contribution < 1.29 is 9.59 Å². The Hall–Kier alpha value is -1.62. The Morgan fingerprint density at radius 1 is 1.17 bits per heavy atom. The lowest BCUT2D eigenvalue weighted by Crippen LogP contribution is -2.47. The highest BCUT2D eigenvalue weighted by molar-refractivity contribution is 5.99. The highest BCUT2D eigenvalue weighted by Crippen LogP contribution is 2.33. The molecule has 1 aromatic rings. The van der Waals surface area contributed by atoms with Crippen LogP contribution in [0.3, 0.4) is 0 Å². The van der Waals surface area contributed by atoms with Crippen LogP contribution in [0.2, 0.25) is 0 Å². The summed E-state index contributed by atoms with van der Waals surface area (Å²) in [6, 6.07) is 2.64. The summed E-state index contributed by atoms with van der Waals surface area (Å²) >= 11 is 0. The molecule has 1 aromatic heterocycles. The fourth-order valence-corrected chi connectivity index (χ4v) is 4.10. The van der Waals surface area contributed by atoms with Gasteiger partial charge in [0, 0.05) is 49.2 Å². The Morgan fingerprint density at radius 3 is 2.43 bits per heavy atom. The van der Waals surface area contributed by atoms with Gasteiger partial charge in [0.15, 0.2) is 5.78 Å². The van der Waals surface area contributed by atoms with Crippen LogP contribution in [-0.2, 0) is 4.79 Å². The fourth-order valence-electron chi connectivity index (χ4n) is 4.10. The lowest BCUT2D eigenvalue weighted by molar-refractivity contribution is -0.119. The topological polar surface area (TPSA) is 45.6 Å². The number of carbonyl (C=O) groups excluding carboxylic acids is 2. The Bertz CT molecular complexity index is 579. The van der Waals surface area contributed by atoms with Gasteiger partial charge >= 0.3 is 0 Å². The quantitative estimate of drug-likeness (QED) is 0.618. The number of ketones is 1. The first-order chi connectivity index (χ1) is 11.1. The van der Waals surface area contributed by atoms with Gasteiger partial charge in [0.05, 0.1) is 6.54 Å². The van der Waals surface area contributed by atoms with Crippen molar-refractivity contribution >= 4 is 12.2 Å². The summed E-state index contributed by atoms with van der Waals surface area (Å²) in [5.74, 6) is 0.210. The number of piperazine rings is 1. The van der Waals surface area contributed by atoms with E-state index in [0.29, 0.717) is 12.6 Å². The van der Waals surface area contributed by atoms with Gasteiger partial charge in [0.1, 0.15) is 0 Å². The average molecular weight is 317 g/mol. The number of rotatable bonds is 5. The summed E-state index contributed by atoms with van der Waals surface area (Å²) in [6.45, 7) is 7.67. The third-order valence-corrected chi connectivity index (χ3v) is 5.40. The van der Waals surface area contributed by atoms with Crippen LogP contribution in [0, 0.1) is 13.8 Å². The first-order valence-electron chi connectivity index (χ1n) is 8.73. The smallest absolute Gasteiger partial charge is 0.209 e. The van der Waals surface area contributed by atoms with Crippen LogP contribution in [0.25, 0.3) is 0 Å². The number of aromatic nitrogens is 1. The predicted molar refractivity (Wildman–Crippen MR) is 89.8 cm³/mol. The molecule has 0 spiro atoms. The Kier molecular flexibility index (Phi) is 4.85. The van der Waals surface area contributed by atoms with E-state index in [2.05, 4.69) is 29.4 Å². The van der Waals surface area contributed by atoms with E-state index in [1.165, 1.54) is 31.4 Å². The summed E-state index contributed by atoms with van der Waals surface area (Å²) in [6.07, 6.45) is 5.96. The molecule has 5 nitrogen and oxygen atoms in total. The van der Waals surface area contributed by atoms with Crippen LogP contribution in [-0.4, -0.2) is 59.3 Å². The Balaban J connectivity index is 1.68. The summed E-state index contributed by atoms with van der Waals surface area (Å²) in [4.78, 5) is 27.4. The van der Waals surface area contributed by atoms with E-state index >= 15 is 0 Å². The van der Waals surface area contributed by atoms with Gasteiger partial charge in [0.25, 0.3) is 0 Å². The van der Waals surface area contributed by atoms with Crippen LogP contribution in [0.1, 0.15) is 53.5 Å². The number of hydrogen-bond acceptors (Lipinski definition) is 3. The summed E-state index contributed by atoms with van der Waals surface area (Å²) < 4.78 is 2.38. The van der Waals surface area contributed by atoms with E-state index < -0.39 is 0 Å². The second-order valence-electron chi connectivity index (χ2n) is 6.93. The van der Waals surface area contributed by atoms with Gasteiger partial charge in [-0.2, -0.15) is 0 Å². The molecule has 126 valence electrons. The number of nitrogens with zero attached hydrogens (tertiary/aromatic N) is 3. The summed E-state index contributed by atoms with van der Waals surface area (Å²) in [5, 5.41) is 0. The molecule has 1 saturated heterocycles. The van der Waals surface area contributed by atoms with E-state index in [9.17, 15) is 9.59 Å². The third-order valence-electron chi connectivity index (χ3n) is 5.40. The van der Waals surface area contributed by atoms with E-state index in [-0.39, 0.29) is 5.78 Å². The maximum atomic E-state index is 12.7. The normalized spacial score (nSPS) is 20.2. The maximum Gasteiger partial charge on any atom is 0.209 e. The van der Waals surface area contributed by atoms with Crippen LogP contribution in [0.5, 0.6) is 0 Å². The van der Waals surface area contributed by atoms with Gasteiger partial charge < -0.3 is 9.47 Å². The minimum Gasteiger partial charge on any atom is -0.345 e. The van der Waals surface area contributed by atoms with Gasteiger partial charge in [-0.15, -0.1) is 0 Å². The zero-order valence-corrected chi connectivity index (χ0v) is 14.3. The van der Waals surface area contributed by atoms with Crippen molar-refractivity contribution in [3.63, 3.8) is 0 Å².